The molecule has 0 bridgehead atoms. The lowest BCUT2D eigenvalue weighted by Crippen LogP contribution is -2.15. The van der Waals surface area contributed by atoms with E-state index in [-0.39, 0.29) is 5.91 Å². The van der Waals surface area contributed by atoms with Crippen LogP contribution in [-0.4, -0.2) is 37.8 Å². The SMILES string of the molecule is COCCOc1ncccc1NC(=O)CCCOc1ccc(Cl)c(C)c1. The number of anilines is 1. The van der Waals surface area contributed by atoms with Gasteiger partial charge in [0.1, 0.15) is 18.0 Å². The van der Waals surface area contributed by atoms with E-state index in [0.717, 1.165) is 11.3 Å². The minimum absolute atomic E-state index is 0.120. The first-order valence-corrected chi connectivity index (χ1v) is 8.73. The molecule has 0 fully saturated rings. The van der Waals surface area contributed by atoms with Crippen molar-refractivity contribution in [3.63, 3.8) is 0 Å². The number of benzene rings is 1. The number of hydrogen-bond donors (Lipinski definition) is 1. The van der Waals surface area contributed by atoms with Crippen molar-refractivity contribution in [1.29, 1.82) is 0 Å². The second kappa shape index (κ2) is 10.6. The number of halogens is 1. The molecule has 0 aliphatic rings. The number of ether oxygens (including phenoxy) is 3. The number of aromatic nitrogens is 1. The van der Waals surface area contributed by atoms with E-state index >= 15 is 0 Å². The van der Waals surface area contributed by atoms with Gasteiger partial charge in [-0.1, -0.05) is 11.6 Å². The van der Waals surface area contributed by atoms with E-state index in [1.54, 1.807) is 31.5 Å². The van der Waals surface area contributed by atoms with Gasteiger partial charge in [0.2, 0.25) is 11.8 Å². The molecule has 0 spiro atoms. The topological polar surface area (TPSA) is 69.7 Å². The van der Waals surface area contributed by atoms with Crippen molar-refractivity contribution < 1.29 is 19.0 Å². The Morgan fingerprint density at radius 2 is 2.04 bits per heavy atom. The van der Waals surface area contributed by atoms with E-state index in [1.807, 2.05) is 19.1 Å². The molecule has 0 saturated carbocycles. The zero-order valence-electron chi connectivity index (χ0n) is 15.0. The van der Waals surface area contributed by atoms with Crippen molar-refractivity contribution in [3.8, 4) is 11.6 Å². The van der Waals surface area contributed by atoms with E-state index in [2.05, 4.69) is 10.3 Å². The standard InChI is InChI=1S/C19H23ClN2O4/c1-14-13-15(7-8-16(14)20)25-10-4-6-18(23)22-17-5-3-9-21-19(17)26-12-11-24-2/h3,5,7-9,13H,4,6,10-12H2,1-2H3,(H,22,23). The average Bonchev–Trinajstić information content (AvgIpc) is 2.63. The molecule has 0 saturated heterocycles. The summed E-state index contributed by atoms with van der Waals surface area (Å²) in [6.07, 6.45) is 2.53. The molecule has 2 rings (SSSR count). The van der Waals surface area contributed by atoms with Crippen LogP contribution in [0, 0.1) is 6.92 Å². The van der Waals surface area contributed by atoms with Crippen LogP contribution in [-0.2, 0) is 9.53 Å². The van der Waals surface area contributed by atoms with Gasteiger partial charge in [-0.3, -0.25) is 4.79 Å². The zero-order chi connectivity index (χ0) is 18.8. The van der Waals surface area contributed by atoms with Crippen molar-refractivity contribution in [2.24, 2.45) is 0 Å². The Morgan fingerprint density at radius 3 is 2.81 bits per heavy atom. The number of hydrogen-bond acceptors (Lipinski definition) is 5. The second-order valence-electron chi connectivity index (χ2n) is 5.61. The summed E-state index contributed by atoms with van der Waals surface area (Å²) in [6.45, 7) is 3.18. The van der Waals surface area contributed by atoms with Crippen molar-refractivity contribution in [2.45, 2.75) is 19.8 Å². The Balaban J connectivity index is 1.75. The summed E-state index contributed by atoms with van der Waals surface area (Å²) in [6, 6.07) is 8.98. The summed E-state index contributed by atoms with van der Waals surface area (Å²) in [5.74, 6) is 1.00. The maximum atomic E-state index is 12.1. The maximum Gasteiger partial charge on any atom is 0.237 e. The molecule has 0 atom stereocenters. The first-order chi connectivity index (χ1) is 12.6. The Labute approximate surface area is 158 Å². The van der Waals surface area contributed by atoms with Crippen LogP contribution in [0.3, 0.4) is 0 Å². The van der Waals surface area contributed by atoms with Crippen LogP contribution in [0.4, 0.5) is 5.69 Å². The molecular formula is C19H23ClN2O4. The fourth-order valence-electron chi connectivity index (χ4n) is 2.17. The number of pyridine rings is 1. The van der Waals surface area contributed by atoms with Crippen molar-refractivity contribution >= 4 is 23.2 Å². The predicted molar refractivity (Wildman–Crippen MR) is 101 cm³/mol. The summed E-state index contributed by atoms with van der Waals surface area (Å²) in [5, 5.41) is 3.52. The lowest BCUT2D eigenvalue weighted by molar-refractivity contribution is -0.116. The highest BCUT2D eigenvalue weighted by Crippen LogP contribution is 2.22. The van der Waals surface area contributed by atoms with Gasteiger partial charge < -0.3 is 19.5 Å². The van der Waals surface area contributed by atoms with Gasteiger partial charge in [-0.2, -0.15) is 0 Å². The number of amides is 1. The summed E-state index contributed by atoms with van der Waals surface area (Å²) < 4.78 is 16.1. The first-order valence-electron chi connectivity index (χ1n) is 8.35. The summed E-state index contributed by atoms with van der Waals surface area (Å²) in [4.78, 5) is 16.2. The van der Waals surface area contributed by atoms with Gasteiger partial charge in [0.05, 0.1) is 13.2 Å². The Kier molecular flexibility index (Phi) is 8.18. The molecule has 26 heavy (non-hydrogen) atoms. The summed E-state index contributed by atoms with van der Waals surface area (Å²) >= 11 is 5.98. The van der Waals surface area contributed by atoms with Crippen LogP contribution in [0.15, 0.2) is 36.5 Å². The fraction of sp³-hybridized carbons (Fsp3) is 0.368. The molecule has 2 aromatic rings. The molecule has 140 valence electrons. The van der Waals surface area contributed by atoms with Gasteiger partial charge in [0.15, 0.2) is 0 Å². The molecule has 0 aliphatic heterocycles. The maximum absolute atomic E-state index is 12.1. The Morgan fingerprint density at radius 1 is 1.19 bits per heavy atom. The number of rotatable bonds is 10. The normalized spacial score (nSPS) is 10.4. The van der Waals surface area contributed by atoms with Crippen LogP contribution in [0.25, 0.3) is 0 Å². The van der Waals surface area contributed by atoms with Crippen LogP contribution < -0.4 is 14.8 Å². The van der Waals surface area contributed by atoms with Crippen LogP contribution in [0.2, 0.25) is 5.02 Å². The molecular weight excluding hydrogens is 356 g/mol. The Hall–Kier alpha value is -2.31. The summed E-state index contributed by atoms with van der Waals surface area (Å²) in [5.41, 5.74) is 1.50. The largest absolute Gasteiger partial charge is 0.494 e. The van der Waals surface area contributed by atoms with Gasteiger partial charge in [0, 0.05) is 24.8 Å². The minimum Gasteiger partial charge on any atom is -0.494 e. The highest BCUT2D eigenvalue weighted by atomic mass is 35.5. The van der Waals surface area contributed by atoms with Crippen LogP contribution in [0.5, 0.6) is 11.6 Å². The van der Waals surface area contributed by atoms with Gasteiger partial charge in [-0.15, -0.1) is 0 Å². The smallest absolute Gasteiger partial charge is 0.237 e. The number of carbonyl (C=O) groups excluding carboxylic acids is 1. The van der Waals surface area contributed by atoms with Crippen molar-refractivity contribution in [1.82, 2.24) is 4.98 Å². The highest BCUT2D eigenvalue weighted by Gasteiger charge is 2.09. The van der Waals surface area contributed by atoms with E-state index in [4.69, 9.17) is 25.8 Å². The van der Waals surface area contributed by atoms with Gasteiger partial charge in [-0.25, -0.2) is 4.98 Å². The minimum atomic E-state index is -0.120. The molecule has 6 nitrogen and oxygen atoms in total. The molecule has 0 radical (unpaired) electrons. The number of nitrogens with one attached hydrogen (secondary N) is 1. The third kappa shape index (κ3) is 6.54. The fourth-order valence-corrected chi connectivity index (χ4v) is 2.28. The molecule has 7 heteroatoms. The van der Waals surface area contributed by atoms with Crippen LogP contribution >= 0.6 is 11.6 Å². The third-order valence-corrected chi connectivity index (χ3v) is 3.94. The molecule has 1 amide bonds. The predicted octanol–water partition coefficient (Wildman–Crippen LogP) is 3.87. The van der Waals surface area contributed by atoms with Crippen LogP contribution in [0.1, 0.15) is 18.4 Å². The van der Waals surface area contributed by atoms with Gasteiger partial charge in [0.25, 0.3) is 0 Å². The molecule has 1 heterocycles. The van der Waals surface area contributed by atoms with Crippen molar-refractivity contribution in [2.75, 3.05) is 32.2 Å². The van der Waals surface area contributed by atoms with Gasteiger partial charge in [-0.05, 0) is 49.2 Å². The lowest BCUT2D eigenvalue weighted by Gasteiger charge is -2.11. The summed E-state index contributed by atoms with van der Waals surface area (Å²) in [7, 11) is 1.60. The second-order valence-corrected chi connectivity index (χ2v) is 6.02. The number of methoxy groups -OCH3 is 1. The molecule has 1 N–H and O–H groups in total. The van der Waals surface area contributed by atoms with E-state index in [0.29, 0.717) is 49.3 Å². The quantitative estimate of drug-likeness (QED) is 0.635. The molecule has 1 aromatic heterocycles. The van der Waals surface area contributed by atoms with E-state index in [9.17, 15) is 4.79 Å². The Bertz CT molecular complexity index is 724. The lowest BCUT2D eigenvalue weighted by atomic mass is 10.2. The third-order valence-electron chi connectivity index (χ3n) is 3.52. The number of aryl methyl sites for hydroxylation is 1. The average molecular weight is 379 g/mol. The van der Waals surface area contributed by atoms with E-state index < -0.39 is 0 Å². The molecule has 0 unspecified atom stereocenters. The number of carbonyl (C=O) groups is 1. The first kappa shape index (κ1) is 20.0. The number of nitrogens with zero attached hydrogens (tertiary/aromatic N) is 1. The zero-order valence-corrected chi connectivity index (χ0v) is 15.7. The molecule has 0 aliphatic carbocycles. The van der Waals surface area contributed by atoms with Gasteiger partial charge >= 0.3 is 0 Å². The highest BCUT2D eigenvalue weighted by molar-refractivity contribution is 6.31. The van der Waals surface area contributed by atoms with E-state index in [1.165, 1.54) is 0 Å². The molecule has 1 aromatic carbocycles. The van der Waals surface area contributed by atoms with Crippen molar-refractivity contribution in [3.05, 3.63) is 47.1 Å². The monoisotopic (exact) mass is 378 g/mol.